The van der Waals surface area contributed by atoms with E-state index >= 15 is 0 Å². The summed E-state index contributed by atoms with van der Waals surface area (Å²) in [6.07, 6.45) is 23.7. The number of aryl methyl sites for hydroxylation is 2. The lowest BCUT2D eigenvalue weighted by atomic mass is 9.74. The number of fused-ring (bicyclic) bond motifs is 4. The van der Waals surface area contributed by atoms with E-state index in [1.54, 1.807) is 12.2 Å². The van der Waals surface area contributed by atoms with Crippen molar-refractivity contribution in [2.24, 2.45) is 0 Å². The Labute approximate surface area is 315 Å². The first-order chi connectivity index (χ1) is 26.0. The average Bonchev–Trinajstić information content (AvgIpc) is 3.75. The molecule has 1 spiro atoms. The van der Waals surface area contributed by atoms with Crippen LogP contribution in [0.25, 0.3) is 12.2 Å². The lowest BCUT2D eigenvalue weighted by Crippen LogP contribution is -2.25. The van der Waals surface area contributed by atoms with Crippen molar-refractivity contribution in [3.8, 4) is 11.5 Å². The number of aliphatic hydroxyl groups is 1. The monoisotopic (exact) mass is 714 g/mol. The van der Waals surface area contributed by atoms with Crippen molar-refractivity contribution >= 4 is 24.1 Å². The highest BCUT2D eigenvalue weighted by Crippen LogP contribution is 2.60. The van der Waals surface area contributed by atoms with Gasteiger partial charge in [-0.15, -0.1) is 0 Å². The molecule has 0 amide bonds. The van der Waals surface area contributed by atoms with Gasteiger partial charge in [-0.1, -0.05) is 93.6 Å². The minimum absolute atomic E-state index is 0.261. The van der Waals surface area contributed by atoms with Crippen LogP contribution in [-0.4, -0.2) is 30.3 Å². The number of carbonyl (C=O) groups is 2. The Morgan fingerprint density at radius 2 is 1.45 bits per heavy atom. The van der Waals surface area contributed by atoms with Gasteiger partial charge in [-0.25, -0.2) is 9.59 Å². The second-order valence-electron chi connectivity index (χ2n) is 14.6. The second-order valence-corrected chi connectivity index (χ2v) is 14.6. The Hall–Kier alpha value is -4.68. The van der Waals surface area contributed by atoms with E-state index in [2.05, 4.69) is 31.2 Å². The lowest BCUT2D eigenvalue weighted by Gasteiger charge is -2.31. The van der Waals surface area contributed by atoms with Crippen molar-refractivity contribution in [3.63, 3.8) is 0 Å². The van der Waals surface area contributed by atoms with Gasteiger partial charge in [-0.3, -0.25) is 0 Å². The van der Waals surface area contributed by atoms with Gasteiger partial charge in [-0.05, 0) is 116 Å². The van der Waals surface area contributed by atoms with Crippen molar-refractivity contribution < 1.29 is 28.9 Å². The Morgan fingerprint density at radius 3 is 2.21 bits per heavy atom. The molecule has 0 radical (unpaired) electrons. The van der Waals surface area contributed by atoms with Gasteiger partial charge in [0.15, 0.2) is 0 Å². The summed E-state index contributed by atoms with van der Waals surface area (Å²) in [6.45, 7) is 3.18. The SMILES string of the molecule is CCCCCCOc1ccc(/C=C/C(=O)OC2=C3C(=CCC2)CC[C@@]32CCc3cccc(OC(=O)/C=C/c4ccc(CCCCCCO)cc4)c32)cc1. The number of unbranched alkanes of at least 4 members (excludes halogenated alkanes) is 6. The molecule has 0 aromatic heterocycles. The highest BCUT2D eigenvalue weighted by molar-refractivity contribution is 5.89. The number of hydrogen-bond donors (Lipinski definition) is 1. The zero-order valence-corrected chi connectivity index (χ0v) is 31.2. The van der Waals surface area contributed by atoms with Gasteiger partial charge < -0.3 is 19.3 Å². The summed E-state index contributed by atoms with van der Waals surface area (Å²) < 4.78 is 18.1. The van der Waals surface area contributed by atoms with Crippen LogP contribution >= 0.6 is 0 Å². The van der Waals surface area contributed by atoms with E-state index in [9.17, 15) is 9.59 Å². The highest BCUT2D eigenvalue weighted by Gasteiger charge is 2.51. The van der Waals surface area contributed by atoms with Crippen LogP contribution in [0, 0.1) is 0 Å². The zero-order chi connectivity index (χ0) is 36.9. The van der Waals surface area contributed by atoms with E-state index in [1.807, 2.05) is 48.5 Å². The number of hydrogen-bond acceptors (Lipinski definition) is 6. The normalized spacial score (nSPS) is 17.7. The molecule has 1 atom stereocenters. The third-order valence-corrected chi connectivity index (χ3v) is 10.8. The van der Waals surface area contributed by atoms with Crippen LogP contribution in [0.2, 0.25) is 0 Å². The number of rotatable bonds is 18. The minimum Gasteiger partial charge on any atom is -0.494 e. The van der Waals surface area contributed by atoms with Gasteiger partial charge in [0.2, 0.25) is 0 Å². The first-order valence-electron chi connectivity index (χ1n) is 19.8. The Balaban J connectivity index is 1.11. The van der Waals surface area contributed by atoms with Crippen molar-refractivity contribution in [1.82, 2.24) is 0 Å². The average molecular weight is 715 g/mol. The Bertz CT molecular complexity index is 1830. The summed E-state index contributed by atoms with van der Waals surface area (Å²) in [5.41, 5.74) is 7.36. The molecule has 3 aromatic carbocycles. The quantitative estimate of drug-likeness (QED) is 0.0611. The maximum absolute atomic E-state index is 13.2. The zero-order valence-electron chi connectivity index (χ0n) is 31.2. The topological polar surface area (TPSA) is 82.1 Å². The van der Waals surface area contributed by atoms with E-state index in [-0.39, 0.29) is 18.0 Å². The molecule has 0 unspecified atom stereocenters. The molecule has 0 heterocycles. The van der Waals surface area contributed by atoms with Gasteiger partial charge >= 0.3 is 11.9 Å². The third kappa shape index (κ3) is 9.85. The predicted octanol–water partition coefficient (Wildman–Crippen LogP) is 10.6. The molecule has 3 aliphatic rings. The molecule has 3 aliphatic carbocycles. The predicted molar refractivity (Wildman–Crippen MR) is 212 cm³/mol. The molecule has 1 N–H and O–H groups in total. The fourth-order valence-corrected chi connectivity index (χ4v) is 8.16. The first kappa shape index (κ1) is 38.1. The van der Waals surface area contributed by atoms with Crippen LogP contribution in [-0.2, 0) is 32.6 Å². The fraction of sp³-hybridized carbons (Fsp3) is 0.404. The summed E-state index contributed by atoms with van der Waals surface area (Å²) >= 11 is 0. The molecule has 3 aromatic rings. The summed E-state index contributed by atoms with van der Waals surface area (Å²) in [4.78, 5) is 26.5. The molecule has 1 saturated carbocycles. The van der Waals surface area contributed by atoms with Crippen molar-refractivity contribution in [3.05, 3.63) is 130 Å². The maximum Gasteiger partial charge on any atom is 0.336 e. The van der Waals surface area contributed by atoms with Crippen LogP contribution in [0.4, 0.5) is 0 Å². The van der Waals surface area contributed by atoms with Crippen LogP contribution in [0.5, 0.6) is 11.5 Å². The van der Waals surface area contributed by atoms with Crippen LogP contribution < -0.4 is 9.47 Å². The summed E-state index contributed by atoms with van der Waals surface area (Å²) in [7, 11) is 0. The molecular weight excluding hydrogens is 661 g/mol. The number of allylic oxidation sites excluding steroid dienone is 4. The van der Waals surface area contributed by atoms with E-state index in [0.717, 1.165) is 104 Å². The molecule has 1 fully saturated rings. The lowest BCUT2D eigenvalue weighted by molar-refractivity contribution is -0.134. The third-order valence-electron chi connectivity index (χ3n) is 10.8. The largest absolute Gasteiger partial charge is 0.494 e. The van der Waals surface area contributed by atoms with Crippen LogP contribution in [0.15, 0.2) is 102 Å². The molecule has 6 heteroatoms. The minimum atomic E-state index is -0.414. The number of ether oxygens (including phenoxy) is 3. The Kier molecular flexibility index (Phi) is 13.6. The summed E-state index contributed by atoms with van der Waals surface area (Å²) in [6, 6.07) is 22.1. The standard InChI is InChI=1S/C47H54O6/c1-2-3-4-9-34-51-40-25-21-37(22-26-40)24-28-44(50)53-42-16-11-14-39-30-32-47(46(39)42)31-29-38-13-10-15-41(45(38)47)52-43(49)27-23-36-19-17-35(18-20-36)12-7-5-6-8-33-48/h10,13-15,17-28,48H,2-9,11-12,16,29-34H2,1H3/b27-23+,28-24+/t47-/m1/s1. The van der Waals surface area contributed by atoms with Crippen molar-refractivity contribution in [2.75, 3.05) is 13.2 Å². The molecular formula is C47H54O6. The molecule has 6 nitrogen and oxygen atoms in total. The molecule has 53 heavy (non-hydrogen) atoms. The summed E-state index contributed by atoms with van der Waals surface area (Å²) in [5, 5.41) is 8.96. The van der Waals surface area contributed by atoms with E-state index < -0.39 is 5.97 Å². The van der Waals surface area contributed by atoms with Gasteiger partial charge in [0, 0.05) is 41.7 Å². The van der Waals surface area contributed by atoms with Gasteiger partial charge in [-0.2, -0.15) is 0 Å². The number of aliphatic hydroxyl groups excluding tert-OH is 1. The van der Waals surface area contributed by atoms with Gasteiger partial charge in [0.05, 0.1) is 6.61 Å². The first-order valence-corrected chi connectivity index (χ1v) is 19.8. The number of carbonyl (C=O) groups excluding carboxylic acids is 2. The fourth-order valence-electron chi connectivity index (χ4n) is 8.16. The van der Waals surface area contributed by atoms with E-state index in [0.29, 0.717) is 18.8 Å². The molecule has 6 rings (SSSR count). The molecule has 0 aliphatic heterocycles. The number of esters is 2. The van der Waals surface area contributed by atoms with Gasteiger partial charge in [0.1, 0.15) is 17.3 Å². The molecule has 0 bridgehead atoms. The number of benzene rings is 3. The molecule has 278 valence electrons. The smallest absolute Gasteiger partial charge is 0.336 e. The van der Waals surface area contributed by atoms with Gasteiger partial charge in [0.25, 0.3) is 0 Å². The second kappa shape index (κ2) is 18.9. The van der Waals surface area contributed by atoms with Crippen LogP contribution in [0.3, 0.4) is 0 Å². The summed E-state index contributed by atoms with van der Waals surface area (Å²) in [5.74, 6) is 1.36. The van der Waals surface area contributed by atoms with E-state index in [1.165, 1.54) is 48.1 Å². The van der Waals surface area contributed by atoms with E-state index in [4.69, 9.17) is 19.3 Å². The van der Waals surface area contributed by atoms with Crippen molar-refractivity contribution in [2.45, 2.75) is 109 Å². The maximum atomic E-state index is 13.2. The molecule has 0 saturated heterocycles. The Morgan fingerprint density at radius 1 is 0.755 bits per heavy atom. The highest BCUT2D eigenvalue weighted by atomic mass is 16.5. The van der Waals surface area contributed by atoms with Crippen molar-refractivity contribution in [1.29, 1.82) is 0 Å². The van der Waals surface area contributed by atoms with Crippen LogP contribution in [0.1, 0.15) is 118 Å².